The number of para-hydroxylation sites is 2. The highest BCUT2D eigenvalue weighted by molar-refractivity contribution is 6.26. The van der Waals surface area contributed by atoms with Gasteiger partial charge in [0.25, 0.3) is 0 Å². The Bertz CT molecular complexity index is 4100. The first-order valence-electron chi connectivity index (χ1n) is 22.9. The van der Waals surface area contributed by atoms with Crippen LogP contribution in [0.4, 0.5) is 17.1 Å². The van der Waals surface area contributed by atoms with E-state index in [1.807, 2.05) is 6.07 Å². The minimum atomic E-state index is -0.0931. The van der Waals surface area contributed by atoms with Gasteiger partial charge in [0.1, 0.15) is 11.2 Å². The van der Waals surface area contributed by atoms with E-state index in [2.05, 4.69) is 236 Å². The summed E-state index contributed by atoms with van der Waals surface area (Å²) in [5.41, 5.74) is 16.3. The topological polar surface area (TPSA) is 21.3 Å². The molecule has 1 aliphatic carbocycles. The number of hydrogen-bond acceptors (Lipinski definition) is 2. The van der Waals surface area contributed by atoms with E-state index in [4.69, 9.17) is 4.42 Å². The Morgan fingerprint density at radius 2 is 0.985 bits per heavy atom. The summed E-state index contributed by atoms with van der Waals surface area (Å²) in [5, 5.41) is 12.2. The lowest BCUT2D eigenvalue weighted by atomic mass is 9.82. The molecule has 3 heteroatoms. The van der Waals surface area contributed by atoms with E-state index in [1.54, 1.807) is 0 Å². The van der Waals surface area contributed by atoms with E-state index in [1.165, 1.54) is 87.6 Å². The SMILES string of the molecule is CC1(C)c2ccccc2-c2cc3c4cc(-c5ccc(N(c6ccc7c8ccccc8c8ccccc8c7c6)c6cccc7oc8ccccc8c67)cc5)ccc4n(-c4ccccc4)c3cc21. The second-order valence-corrected chi connectivity index (χ2v) is 18.4. The van der Waals surface area contributed by atoms with Gasteiger partial charge < -0.3 is 13.9 Å². The van der Waals surface area contributed by atoms with Crippen molar-refractivity contribution in [1.82, 2.24) is 4.57 Å². The lowest BCUT2D eigenvalue weighted by Crippen LogP contribution is -2.14. The number of furan rings is 1. The van der Waals surface area contributed by atoms with Gasteiger partial charge in [0.2, 0.25) is 0 Å². The lowest BCUT2D eigenvalue weighted by Gasteiger charge is -2.27. The van der Waals surface area contributed by atoms with Gasteiger partial charge in [0, 0.05) is 38.6 Å². The molecule has 0 radical (unpaired) electrons. The predicted octanol–water partition coefficient (Wildman–Crippen LogP) is 17.6. The average Bonchev–Trinajstić information content (AvgIpc) is 3.99. The third-order valence-corrected chi connectivity index (χ3v) is 14.5. The van der Waals surface area contributed by atoms with Gasteiger partial charge in [-0.1, -0.05) is 153 Å². The largest absolute Gasteiger partial charge is 0.456 e. The molecule has 0 amide bonds. The Morgan fingerprint density at radius 3 is 1.76 bits per heavy atom. The van der Waals surface area contributed by atoms with Crippen LogP contribution in [0.3, 0.4) is 0 Å². The van der Waals surface area contributed by atoms with Crippen molar-refractivity contribution in [2.75, 3.05) is 4.90 Å². The summed E-state index contributed by atoms with van der Waals surface area (Å²) in [7, 11) is 0. The second-order valence-electron chi connectivity index (χ2n) is 18.4. The van der Waals surface area contributed by atoms with Crippen molar-refractivity contribution in [2.45, 2.75) is 19.3 Å². The Morgan fingerprint density at radius 1 is 0.379 bits per heavy atom. The third-order valence-electron chi connectivity index (χ3n) is 14.5. The summed E-state index contributed by atoms with van der Waals surface area (Å²) < 4.78 is 8.94. The van der Waals surface area contributed by atoms with E-state index >= 15 is 0 Å². The van der Waals surface area contributed by atoms with Crippen LogP contribution < -0.4 is 4.90 Å². The van der Waals surface area contributed by atoms with Gasteiger partial charge >= 0.3 is 0 Å². The Kier molecular flexibility index (Phi) is 7.74. The smallest absolute Gasteiger partial charge is 0.137 e. The summed E-state index contributed by atoms with van der Waals surface area (Å²) in [4.78, 5) is 2.41. The van der Waals surface area contributed by atoms with Crippen LogP contribution in [0.5, 0.6) is 0 Å². The molecule has 2 aromatic heterocycles. The first-order chi connectivity index (χ1) is 32.5. The second kappa shape index (κ2) is 13.8. The zero-order valence-corrected chi connectivity index (χ0v) is 36.6. The molecule has 3 nitrogen and oxygen atoms in total. The van der Waals surface area contributed by atoms with Gasteiger partial charge in [-0.05, 0) is 145 Å². The summed E-state index contributed by atoms with van der Waals surface area (Å²) >= 11 is 0. The number of rotatable bonds is 5. The molecule has 11 aromatic carbocycles. The van der Waals surface area contributed by atoms with Crippen molar-refractivity contribution in [3.63, 3.8) is 0 Å². The van der Waals surface area contributed by atoms with Crippen molar-refractivity contribution >= 4 is 93.1 Å². The molecule has 66 heavy (non-hydrogen) atoms. The zero-order chi connectivity index (χ0) is 43.7. The highest BCUT2D eigenvalue weighted by Gasteiger charge is 2.36. The quantitative estimate of drug-likeness (QED) is 0.161. The lowest BCUT2D eigenvalue weighted by molar-refractivity contribution is 0.661. The molecule has 0 saturated heterocycles. The summed E-state index contributed by atoms with van der Waals surface area (Å²) in [6, 6.07) is 80.2. The first kappa shape index (κ1) is 37.0. The molecule has 0 bridgehead atoms. The fraction of sp³-hybridized carbons (Fsp3) is 0.0476. The summed E-state index contributed by atoms with van der Waals surface area (Å²) in [5.74, 6) is 0. The average molecular weight is 843 g/mol. The Balaban J connectivity index is 0.958. The highest BCUT2D eigenvalue weighted by atomic mass is 16.3. The van der Waals surface area contributed by atoms with Gasteiger partial charge in [-0.15, -0.1) is 0 Å². The maximum absolute atomic E-state index is 6.49. The van der Waals surface area contributed by atoms with E-state index in [9.17, 15) is 0 Å². The molecule has 0 spiro atoms. The molecule has 0 saturated carbocycles. The number of fused-ring (bicyclic) bond motifs is 15. The van der Waals surface area contributed by atoms with Crippen LogP contribution in [0.2, 0.25) is 0 Å². The number of aromatic nitrogens is 1. The van der Waals surface area contributed by atoms with Gasteiger partial charge in [0.15, 0.2) is 0 Å². The van der Waals surface area contributed by atoms with Crippen LogP contribution in [0.1, 0.15) is 25.0 Å². The van der Waals surface area contributed by atoms with Crippen LogP contribution in [-0.4, -0.2) is 4.57 Å². The van der Waals surface area contributed by atoms with Gasteiger partial charge in [-0.25, -0.2) is 0 Å². The normalized spacial score (nSPS) is 13.1. The fourth-order valence-electron chi connectivity index (χ4n) is 11.5. The molecule has 13 aromatic rings. The fourth-order valence-corrected chi connectivity index (χ4v) is 11.5. The molecular formula is C63H42N2O. The van der Waals surface area contributed by atoms with Crippen molar-refractivity contribution in [2.24, 2.45) is 0 Å². The number of anilines is 3. The van der Waals surface area contributed by atoms with Gasteiger partial charge in [0.05, 0.1) is 22.1 Å². The molecule has 310 valence electrons. The molecule has 0 N–H and O–H groups in total. The number of hydrogen-bond donors (Lipinski definition) is 0. The van der Waals surface area contributed by atoms with E-state index in [-0.39, 0.29) is 5.41 Å². The Hall–Kier alpha value is -8.40. The molecule has 0 aliphatic heterocycles. The van der Waals surface area contributed by atoms with E-state index in [0.29, 0.717) is 0 Å². The Labute approximate surface area is 382 Å². The summed E-state index contributed by atoms with van der Waals surface area (Å²) in [6.45, 7) is 4.73. The van der Waals surface area contributed by atoms with Crippen molar-refractivity contribution in [3.05, 3.63) is 230 Å². The first-order valence-corrected chi connectivity index (χ1v) is 22.9. The third kappa shape index (κ3) is 5.26. The standard InChI is InChI=1S/C63H42N2O/c1-63(2)55-23-12-10-21-49(55)52-37-54-53-35-40(29-34-57(53)65(59(54)38-56(52)63)41-15-4-3-5-16-41)39-27-30-42(31-28-39)64(58-24-14-26-61-62(58)50-22-11-13-25-60(50)66-61)43-32-33-48-46-19-7-6-17-44(46)45-18-8-9-20-47(45)51(48)36-43/h3-38H,1-2H3. The molecular weight excluding hydrogens is 801 g/mol. The maximum atomic E-state index is 6.49. The van der Waals surface area contributed by atoms with E-state index < -0.39 is 0 Å². The summed E-state index contributed by atoms with van der Waals surface area (Å²) in [6.07, 6.45) is 0. The number of benzene rings is 11. The number of nitrogens with zero attached hydrogens (tertiary/aromatic N) is 2. The van der Waals surface area contributed by atoms with Crippen LogP contribution in [0.25, 0.3) is 104 Å². The minimum absolute atomic E-state index is 0.0931. The van der Waals surface area contributed by atoms with Crippen molar-refractivity contribution < 1.29 is 4.42 Å². The molecule has 0 atom stereocenters. The monoisotopic (exact) mass is 842 g/mol. The van der Waals surface area contributed by atoms with Crippen LogP contribution >= 0.6 is 0 Å². The van der Waals surface area contributed by atoms with E-state index in [0.717, 1.165) is 44.6 Å². The molecule has 14 rings (SSSR count). The van der Waals surface area contributed by atoms with Crippen molar-refractivity contribution in [1.29, 1.82) is 0 Å². The molecule has 1 aliphatic rings. The highest BCUT2D eigenvalue weighted by Crippen LogP contribution is 2.52. The van der Waals surface area contributed by atoms with Crippen LogP contribution in [-0.2, 0) is 5.41 Å². The van der Waals surface area contributed by atoms with Crippen LogP contribution in [0, 0.1) is 0 Å². The molecule has 2 heterocycles. The molecule has 0 fully saturated rings. The van der Waals surface area contributed by atoms with Gasteiger partial charge in [-0.3, -0.25) is 0 Å². The molecule has 0 unspecified atom stereocenters. The van der Waals surface area contributed by atoms with Gasteiger partial charge in [-0.2, -0.15) is 0 Å². The predicted molar refractivity (Wildman–Crippen MR) is 278 cm³/mol. The maximum Gasteiger partial charge on any atom is 0.137 e. The minimum Gasteiger partial charge on any atom is -0.456 e. The zero-order valence-electron chi connectivity index (χ0n) is 36.6. The van der Waals surface area contributed by atoms with Crippen molar-refractivity contribution in [3.8, 4) is 27.9 Å². The van der Waals surface area contributed by atoms with Crippen LogP contribution in [0.15, 0.2) is 223 Å².